The smallest absolute Gasteiger partial charge is 0.0546 e. The average molecular weight is 275 g/mol. The Morgan fingerprint density at radius 1 is 1.25 bits per heavy atom. The summed E-state index contributed by atoms with van der Waals surface area (Å²) in [6.45, 7) is 9.40. The van der Waals surface area contributed by atoms with Crippen molar-refractivity contribution in [1.82, 2.24) is 14.7 Å². The third-order valence-corrected chi connectivity index (χ3v) is 5.44. The van der Waals surface area contributed by atoms with E-state index in [0.29, 0.717) is 12.1 Å². The minimum absolute atomic E-state index is 0.645. The molecule has 1 aromatic heterocycles. The van der Waals surface area contributed by atoms with Gasteiger partial charge in [0.2, 0.25) is 0 Å². The van der Waals surface area contributed by atoms with E-state index in [1.54, 1.807) is 5.69 Å². The van der Waals surface area contributed by atoms with E-state index in [-0.39, 0.29) is 0 Å². The van der Waals surface area contributed by atoms with Crippen LogP contribution in [0.3, 0.4) is 0 Å². The fraction of sp³-hybridized carbons (Fsp3) is 0.824. The Labute approximate surface area is 123 Å². The molecular formula is C17H29N3. The van der Waals surface area contributed by atoms with Crippen LogP contribution in [-0.2, 0) is 12.8 Å². The molecular weight excluding hydrogens is 246 g/mol. The van der Waals surface area contributed by atoms with E-state index in [0.717, 1.165) is 5.92 Å². The van der Waals surface area contributed by atoms with Crippen molar-refractivity contribution in [3.63, 3.8) is 0 Å². The highest BCUT2D eigenvalue weighted by atomic mass is 15.3. The number of likely N-dealkylation sites (tertiary alicyclic amines) is 1. The molecule has 0 amide bonds. The predicted molar refractivity (Wildman–Crippen MR) is 83.0 cm³/mol. The van der Waals surface area contributed by atoms with Gasteiger partial charge in [-0.15, -0.1) is 0 Å². The van der Waals surface area contributed by atoms with Crippen molar-refractivity contribution in [3.8, 4) is 0 Å². The minimum Gasteiger partial charge on any atom is -0.301 e. The van der Waals surface area contributed by atoms with Crippen LogP contribution in [0.2, 0.25) is 0 Å². The van der Waals surface area contributed by atoms with Crippen LogP contribution in [0.4, 0.5) is 0 Å². The molecule has 1 atom stereocenters. The largest absolute Gasteiger partial charge is 0.301 e. The zero-order valence-electron chi connectivity index (χ0n) is 13.3. The highest BCUT2D eigenvalue weighted by molar-refractivity contribution is 5.22. The fourth-order valence-electron chi connectivity index (χ4n) is 3.93. The Morgan fingerprint density at radius 2 is 2.00 bits per heavy atom. The molecule has 3 nitrogen and oxygen atoms in total. The van der Waals surface area contributed by atoms with Crippen LogP contribution >= 0.6 is 0 Å². The molecule has 2 aliphatic rings. The maximum Gasteiger partial charge on any atom is 0.0546 e. The van der Waals surface area contributed by atoms with Crippen molar-refractivity contribution in [2.75, 3.05) is 13.1 Å². The molecule has 1 aliphatic heterocycles. The Balaban J connectivity index is 1.69. The van der Waals surface area contributed by atoms with Gasteiger partial charge in [0.15, 0.2) is 0 Å². The van der Waals surface area contributed by atoms with Gasteiger partial charge in [0.25, 0.3) is 0 Å². The van der Waals surface area contributed by atoms with Gasteiger partial charge in [-0.1, -0.05) is 13.3 Å². The predicted octanol–water partition coefficient (Wildman–Crippen LogP) is 3.44. The minimum atomic E-state index is 0.645. The summed E-state index contributed by atoms with van der Waals surface area (Å²) >= 11 is 0. The Hall–Kier alpha value is -0.830. The van der Waals surface area contributed by atoms with Gasteiger partial charge in [-0.25, -0.2) is 0 Å². The van der Waals surface area contributed by atoms with Gasteiger partial charge in [-0.3, -0.25) is 4.68 Å². The van der Waals surface area contributed by atoms with E-state index in [1.807, 2.05) is 0 Å². The van der Waals surface area contributed by atoms with Gasteiger partial charge in [0.05, 0.1) is 12.2 Å². The number of nitrogens with zero attached hydrogens (tertiary/aromatic N) is 3. The van der Waals surface area contributed by atoms with Crippen LogP contribution in [0.15, 0.2) is 6.20 Å². The van der Waals surface area contributed by atoms with Crippen LogP contribution in [0.1, 0.15) is 63.8 Å². The normalized spacial score (nSPS) is 25.1. The lowest BCUT2D eigenvalue weighted by molar-refractivity contribution is 0.145. The van der Waals surface area contributed by atoms with Crippen molar-refractivity contribution in [2.45, 2.75) is 71.4 Å². The van der Waals surface area contributed by atoms with Crippen LogP contribution in [0, 0.1) is 5.92 Å². The van der Waals surface area contributed by atoms with E-state index >= 15 is 0 Å². The molecule has 20 heavy (non-hydrogen) atoms. The number of aromatic nitrogens is 2. The first-order valence-electron chi connectivity index (χ1n) is 8.48. The SMILES string of the molecule is CCC1CCc2c(cnn2C2CCN(C(C)C)CC2)C1. The molecule has 0 radical (unpaired) electrons. The molecule has 112 valence electrons. The first-order valence-corrected chi connectivity index (χ1v) is 8.48. The zero-order chi connectivity index (χ0) is 14.1. The zero-order valence-corrected chi connectivity index (χ0v) is 13.3. The molecule has 0 spiro atoms. The van der Waals surface area contributed by atoms with Gasteiger partial charge in [0, 0.05) is 24.8 Å². The molecule has 1 fully saturated rings. The summed E-state index contributed by atoms with van der Waals surface area (Å²) in [6.07, 6.45) is 9.88. The third-order valence-electron chi connectivity index (χ3n) is 5.44. The van der Waals surface area contributed by atoms with Crippen LogP contribution in [-0.4, -0.2) is 33.8 Å². The number of hydrogen-bond acceptors (Lipinski definition) is 2. The Bertz CT molecular complexity index is 441. The van der Waals surface area contributed by atoms with Crippen LogP contribution < -0.4 is 0 Å². The number of hydrogen-bond donors (Lipinski definition) is 0. The summed E-state index contributed by atoms with van der Waals surface area (Å²) in [5, 5.41) is 4.76. The van der Waals surface area contributed by atoms with E-state index in [2.05, 4.69) is 36.5 Å². The van der Waals surface area contributed by atoms with Crippen LogP contribution in [0.25, 0.3) is 0 Å². The van der Waals surface area contributed by atoms with Gasteiger partial charge < -0.3 is 4.90 Å². The van der Waals surface area contributed by atoms with Gasteiger partial charge in [-0.2, -0.15) is 5.10 Å². The van der Waals surface area contributed by atoms with Gasteiger partial charge in [-0.05, 0) is 57.4 Å². The summed E-state index contributed by atoms with van der Waals surface area (Å²) < 4.78 is 2.39. The van der Waals surface area contributed by atoms with Crippen LogP contribution in [0.5, 0.6) is 0 Å². The molecule has 1 aromatic rings. The second kappa shape index (κ2) is 5.88. The van der Waals surface area contributed by atoms with E-state index in [1.165, 1.54) is 57.2 Å². The molecule has 0 N–H and O–H groups in total. The lowest BCUT2D eigenvalue weighted by Crippen LogP contribution is -2.39. The highest BCUT2D eigenvalue weighted by Gasteiger charge is 2.27. The van der Waals surface area contributed by atoms with Crippen molar-refractivity contribution >= 4 is 0 Å². The molecule has 0 aromatic carbocycles. The lowest BCUT2D eigenvalue weighted by Gasteiger charge is -2.35. The van der Waals surface area contributed by atoms with Crippen molar-refractivity contribution in [1.29, 1.82) is 0 Å². The van der Waals surface area contributed by atoms with E-state index in [9.17, 15) is 0 Å². The Morgan fingerprint density at radius 3 is 2.65 bits per heavy atom. The summed E-state index contributed by atoms with van der Waals surface area (Å²) in [5.41, 5.74) is 3.09. The number of piperidine rings is 1. The molecule has 3 heteroatoms. The molecule has 0 bridgehead atoms. The maximum absolute atomic E-state index is 4.76. The first kappa shape index (κ1) is 14.1. The molecule has 1 unspecified atom stereocenters. The summed E-state index contributed by atoms with van der Waals surface area (Å²) in [6, 6.07) is 1.33. The van der Waals surface area contributed by atoms with Gasteiger partial charge in [0.1, 0.15) is 0 Å². The van der Waals surface area contributed by atoms with E-state index in [4.69, 9.17) is 5.10 Å². The molecule has 0 saturated carbocycles. The number of fused-ring (bicyclic) bond motifs is 1. The van der Waals surface area contributed by atoms with Gasteiger partial charge >= 0.3 is 0 Å². The van der Waals surface area contributed by atoms with Crippen molar-refractivity contribution in [2.24, 2.45) is 5.92 Å². The molecule has 2 heterocycles. The monoisotopic (exact) mass is 275 g/mol. The Kier molecular flexibility index (Phi) is 4.16. The third kappa shape index (κ3) is 2.65. The molecule has 3 rings (SSSR count). The fourth-order valence-corrected chi connectivity index (χ4v) is 3.93. The lowest BCUT2D eigenvalue weighted by atomic mass is 9.86. The molecule has 1 aliphatic carbocycles. The summed E-state index contributed by atoms with van der Waals surface area (Å²) in [5.74, 6) is 0.892. The maximum atomic E-state index is 4.76. The second-order valence-electron chi connectivity index (χ2n) is 6.94. The second-order valence-corrected chi connectivity index (χ2v) is 6.94. The first-order chi connectivity index (χ1) is 9.69. The highest BCUT2D eigenvalue weighted by Crippen LogP contribution is 2.31. The molecule has 1 saturated heterocycles. The quantitative estimate of drug-likeness (QED) is 0.842. The van der Waals surface area contributed by atoms with Crippen molar-refractivity contribution < 1.29 is 0 Å². The average Bonchev–Trinajstić information content (AvgIpc) is 2.90. The number of rotatable bonds is 3. The summed E-state index contributed by atoms with van der Waals surface area (Å²) in [7, 11) is 0. The standard InChI is InChI=1S/C17H29N3/c1-4-14-5-6-17-15(11-14)12-18-20(17)16-7-9-19(10-8-16)13(2)3/h12-14,16H,4-11H2,1-3H3. The van der Waals surface area contributed by atoms with E-state index < -0.39 is 0 Å². The van der Waals surface area contributed by atoms with Crippen molar-refractivity contribution in [3.05, 3.63) is 17.5 Å². The topological polar surface area (TPSA) is 21.1 Å². The summed E-state index contributed by atoms with van der Waals surface area (Å²) in [4.78, 5) is 2.60.